The third-order valence-corrected chi connectivity index (χ3v) is 14.7. The molecule has 1 aromatic carbocycles. The summed E-state index contributed by atoms with van der Waals surface area (Å²) < 4.78 is 12.4. The van der Waals surface area contributed by atoms with Gasteiger partial charge in [0.1, 0.15) is 12.7 Å². The summed E-state index contributed by atoms with van der Waals surface area (Å²) in [7, 11) is 0. The van der Waals surface area contributed by atoms with Crippen molar-refractivity contribution in [2.45, 2.75) is 112 Å². The van der Waals surface area contributed by atoms with Crippen LogP contribution < -0.4 is 0 Å². The van der Waals surface area contributed by atoms with Gasteiger partial charge in [-0.3, -0.25) is 9.59 Å². The average molecular weight is 559 g/mol. The van der Waals surface area contributed by atoms with Crippen molar-refractivity contribution < 1.29 is 19.1 Å². The predicted molar refractivity (Wildman–Crippen MR) is 160 cm³/mol. The van der Waals surface area contributed by atoms with E-state index in [1.807, 2.05) is 30.3 Å². The molecule has 1 aliphatic heterocycles. The monoisotopic (exact) mass is 558 g/mol. The minimum Gasteiger partial charge on any atom is -0.460 e. The molecule has 0 radical (unpaired) electrons. The van der Waals surface area contributed by atoms with Crippen molar-refractivity contribution in [1.29, 1.82) is 0 Å². The largest absolute Gasteiger partial charge is 0.460 e. The molecule has 1 heterocycles. The highest BCUT2D eigenvalue weighted by Crippen LogP contribution is 2.77. The molecule has 4 heteroatoms. The number of rotatable bonds is 3. The van der Waals surface area contributed by atoms with Gasteiger partial charge in [-0.05, 0) is 90.9 Å². The molecule has 0 N–H and O–H groups in total. The first-order valence-electron chi connectivity index (χ1n) is 16.4. The van der Waals surface area contributed by atoms with Crippen molar-refractivity contribution in [2.75, 3.05) is 0 Å². The van der Waals surface area contributed by atoms with E-state index in [9.17, 15) is 9.59 Å². The predicted octanol–water partition coefficient (Wildman–Crippen LogP) is 7.94. The molecule has 0 aromatic heterocycles. The number of carbonyl (C=O) groups excluding carboxylic acids is 2. The maximum atomic E-state index is 14.2. The van der Waals surface area contributed by atoms with Gasteiger partial charge in [0, 0.05) is 10.8 Å². The van der Waals surface area contributed by atoms with Crippen LogP contribution in [-0.4, -0.2) is 24.0 Å². The van der Waals surface area contributed by atoms with Crippen molar-refractivity contribution in [2.24, 2.45) is 56.7 Å². The summed E-state index contributed by atoms with van der Waals surface area (Å²) in [5, 5.41) is 0. The zero-order chi connectivity index (χ0) is 29.2. The Kier molecular flexibility index (Phi) is 5.98. The number of Topliss-reactive ketones (excluding diaryl/α,β-unsaturated/α-hetero) is 1. The van der Waals surface area contributed by atoms with Crippen LogP contribution in [0.3, 0.4) is 0 Å². The number of ketones is 1. The van der Waals surface area contributed by atoms with E-state index < -0.39 is 5.41 Å². The van der Waals surface area contributed by atoms with Gasteiger partial charge in [-0.2, -0.15) is 0 Å². The van der Waals surface area contributed by atoms with Gasteiger partial charge in [-0.15, -0.1) is 0 Å². The van der Waals surface area contributed by atoms with Crippen LogP contribution in [-0.2, 0) is 25.7 Å². The molecule has 6 aliphatic rings. The fraction of sp³-hybridized carbons (Fsp3) is 0.730. The molecule has 5 fully saturated rings. The number of hydrogen-bond acceptors (Lipinski definition) is 4. The minimum absolute atomic E-state index is 0.00522. The smallest absolute Gasteiger partial charge is 0.313 e. The van der Waals surface area contributed by atoms with Crippen LogP contribution >= 0.6 is 0 Å². The SMILES string of the molecule is C[C@H]1[C@H](C)CC[C@]2(C(=O)OCc3ccccc3)CC[C@]3(C)C(=CC[C@@H]4[C@@]5(C)[C@H]6O[C@H]6C(=O)C(C)(C)[C@@H]5CC[C@]43C)[C@H]12. The number of epoxide rings is 1. The lowest BCUT2D eigenvalue weighted by atomic mass is 9.33. The zero-order valence-corrected chi connectivity index (χ0v) is 26.3. The van der Waals surface area contributed by atoms with E-state index in [4.69, 9.17) is 9.47 Å². The van der Waals surface area contributed by atoms with Crippen molar-refractivity contribution in [3.05, 3.63) is 47.5 Å². The molecule has 4 nitrogen and oxygen atoms in total. The lowest BCUT2D eigenvalue weighted by Gasteiger charge is -2.70. The highest BCUT2D eigenvalue weighted by Gasteiger charge is 2.76. The number of carbonyl (C=O) groups is 2. The molecule has 41 heavy (non-hydrogen) atoms. The topological polar surface area (TPSA) is 55.9 Å². The normalized spacial score (nSPS) is 49.3. The Morgan fingerprint density at radius 3 is 2.41 bits per heavy atom. The number of esters is 1. The van der Waals surface area contributed by atoms with E-state index in [1.165, 1.54) is 0 Å². The van der Waals surface area contributed by atoms with Crippen LogP contribution in [0.15, 0.2) is 42.0 Å². The molecular weight excluding hydrogens is 508 g/mol. The van der Waals surface area contributed by atoms with E-state index in [1.54, 1.807) is 5.57 Å². The standard InChI is InChI=1S/C37H50O4/c1-22-15-18-37(32(39)40-21-24-11-9-8-10-12-24)20-19-34(5)25(28(37)23(22)2)13-14-27-35(34,6)17-16-26-33(3,4)30(38)29-31(41-29)36(26,27)7/h8-13,22-23,26-29,31H,14-21H2,1-7H3/t22-,23+,26+,27+,28+,29+,31+,34-,35-,36+,37+/m1/s1. The molecule has 222 valence electrons. The van der Waals surface area contributed by atoms with Crippen LogP contribution in [0.1, 0.15) is 99.0 Å². The van der Waals surface area contributed by atoms with Crippen molar-refractivity contribution in [1.82, 2.24) is 0 Å². The molecule has 11 atom stereocenters. The Morgan fingerprint density at radius 1 is 0.951 bits per heavy atom. The molecule has 7 rings (SSSR count). The van der Waals surface area contributed by atoms with Gasteiger partial charge in [-0.25, -0.2) is 0 Å². The van der Waals surface area contributed by atoms with E-state index >= 15 is 0 Å². The second kappa shape index (κ2) is 8.80. The van der Waals surface area contributed by atoms with Gasteiger partial charge in [-0.1, -0.05) is 90.4 Å². The molecule has 1 aromatic rings. The van der Waals surface area contributed by atoms with E-state index in [-0.39, 0.29) is 45.8 Å². The second-order valence-corrected chi connectivity index (χ2v) is 16.3. The Bertz CT molecular complexity index is 1300. The summed E-state index contributed by atoms with van der Waals surface area (Å²) in [6.45, 7) is 17.1. The summed E-state index contributed by atoms with van der Waals surface area (Å²) in [5.41, 5.74) is 1.97. The van der Waals surface area contributed by atoms with Gasteiger partial charge >= 0.3 is 5.97 Å². The number of hydrogen-bond donors (Lipinski definition) is 0. The van der Waals surface area contributed by atoms with Crippen LogP contribution in [0, 0.1) is 56.7 Å². The summed E-state index contributed by atoms with van der Waals surface area (Å²) in [5.74, 6) is 2.43. The van der Waals surface area contributed by atoms with Crippen LogP contribution in [0.25, 0.3) is 0 Å². The van der Waals surface area contributed by atoms with Gasteiger partial charge in [0.15, 0.2) is 5.78 Å². The number of ether oxygens (including phenoxy) is 2. The highest BCUT2D eigenvalue weighted by atomic mass is 16.6. The number of benzene rings is 1. The van der Waals surface area contributed by atoms with Gasteiger partial charge < -0.3 is 9.47 Å². The quantitative estimate of drug-likeness (QED) is 0.215. The fourth-order valence-electron chi connectivity index (χ4n) is 11.9. The maximum absolute atomic E-state index is 14.2. The van der Waals surface area contributed by atoms with Crippen LogP contribution in [0.2, 0.25) is 0 Å². The molecule has 0 bridgehead atoms. The van der Waals surface area contributed by atoms with Gasteiger partial charge in [0.25, 0.3) is 0 Å². The highest BCUT2D eigenvalue weighted by molar-refractivity contribution is 5.92. The van der Waals surface area contributed by atoms with E-state index in [2.05, 4.69) is 54.5 Å². The van der Waals surface area contributed by atoms with Crippen LogP contribution in [0.5, 0.6) is 0 Å². The first-order chi connectivity index (χ1) is 19.3. The Hall–Kier alpha value is -1.94. The minimum atomic E-state index is -0.430. The van der Waals surface area contributed by atoms with Crippen LogP contribution in [0.4, 0.5) is 0 Å². The second-order valence-electron chi connectivity index (χ2n) is 16.3. The molecule has 4 saturated carbocycles. The number of allylic oxidation sites excluding steroid dienone is 2. The third kappa shape index (κ3) is 3.43. The van der Waals surface area contributed by atoms with Crippen molar-refractivity contribution in [3.63, 3.8) is 0 Å². The summed E-state index contributed by atoms with van der Waals surface area (Å²) in [6.07, 6.45) is 9.66. The Balaban J connectivity index is 1.27. The summed E-state index contributed by atoms with van der Waals surface area (Å²) >= 11 is 0. The zero-order valence-electron chi connectivity index (χ0n) is 26.3. The van der Waals surface area contributed by atoms with Gasteiger partial charge in [0.05, 0.1) is 11.5 Å². The summed E-state index contributed by atoms with van der Waals surface area (Å²) in [6, 6.07) is 10.1. The Labute approximate surface area is 247 Å². The molecular formula is C37H50O4. The molecule has 5 aliphatic carbocycles. The first-order valence-corrected chi connectivity index (χ1v) is 16.4. The average Bonchev–Trinajstić information content (AvgIpc) is 3.76. The Morgan fingerprint density at radius 2 is 1.68 bits per heavy atom. The van der Waals surface area contributed by atoms with Crippen molar-refractivity contribution >= 4 is 11.8 Å². The lowest BCUT2D eigenvalue weighted by Crippen LogP contribution is -2.66. The molecule has 0 amide bonds. The lowest BCUT2D eigenvalue weighted by molar-refractivity contribution is -0.191. The first kappa shape index (κ1) is 27.9. The molecule has 0 unspecified atom stereocenters. The maximum Gasteiger partial charge on any atom is 0.313 e. The van der Waals surface area contributed by atoms with E-state index in [0.29, 0.717) is 36.1 Å². The molecule has 0 spiro atoms. The van der Waals surface area contributed by atoms with Crippen molar-refractivity contribution in [3.8, 4) is 0 Å². The third-order valence-electron chi connectivity index (χ3n) is 14.7. The van der Waals surface area contributed by atoms with E-state index in [0.717, 1.165) is 50.5 Å². The number of fused-ring (bicyclic) bond motifs is 9. The van der Waals surface area contributed by atoms with Gasteiger partial charge in [0.2, 0.25) is 0 Å². The summed E-state index contributed by atoms with van der Waals surface area (Å²) in [4.78, 5) is 27.5. The molecule has 1 saturated heterocycles. The fourth-order valence-corrected chi connectivity index (χ4v) is 11.9.